The van der Waals surface area contributed by atoms with Gasteiger partial charge in [-0.2, -0.15) is 31.8 Å². The Hall–Kier alpha value is -3.80. The number of halogens is 3. The van der Waals surface area contributed by atoms with Gasteiger partial charge in [0.2, 0.25) is 0 Å². The summed E-state index contributed by atoms with van der Waals surface area (Å²) in [5.74, 6) is 0.416. The van der Waals surface area contributed by atoms with Crippen LogP contribution in [0.4, 0.5) is 24.7 Å². The van der Waals surface area contributed by atoms with E-state index in [0.717, 1.165) is 12.1 Å². The molecule has 1 amide bonds. The number of carbonyl (C=O) groups is 1. The maximum atomic E-state index is 13.4. The fourth-order valence-corrected chi connectivity index (χ4v) is 3.79. The lowest BCUT2D eigenvalue weighted by molar-refractivity contribution is -0.137. The lowest BCUT2D eigenvalue weighted by Gasteiger charge is -2.32. The number of carbonyl (C=O) groups excluding carboxylic acids is 1. The van der Waals surface area contributed by atoms with E-state index in [4.69, 9.17) is 10.3 Å². The minimum absolute atomic E-state index is 0. The Morgan fingerprint density at radius 2 is 1.85 bits per heavy atom. The number of hydrogen-bond acceptors (Lipinski definition) is 6. The molecule has 0 saturated heterocycles. The minimum atomic E-state index is -4.45. The molecule has 8 nitrogen and oxygen atoms in total. The highest BCUT2D eigenvalue weighted by molar-refractivity contribution is 7.59. The minimum Gasteiger partial charge on any atom is -0.384 e. The van der Waals surface area contributed by atoms with E-state index in [0.29, 0.717) is 34.1 Å². The number of benzene rings is 1. The van der Waals surface area contributed by atoms with Crippen LogP contribution < -0.4 is 10.6 Å². The van der Waals surface area contributed by atoms with Gasteiger partial charge in [0.1, 0.15) is 17.2 Å². The normalized spacial score (nSPS) is 15.7. The summed E-state index contributed by atoms with van der Waals surface area (Å²) in [6.07, 6.45) is -1.37. The molecule has 0 saturated carbocycles. The monoisotopic (exact) mass is 488 g/mol. The molecule has 1 aliphatic rings. The van der Waals surface area contributed by atoms with Gasteiger partial charge in [0, 0.05) is 30.1 Å². The lowest BCUT2D eigenvalue weighted by Crippen LogP contribution is -2.42. The Balaban J connectivity index is 0.00000274. The molecule has 12 heteroatoms. The van der Waals surface area contributed by atoms with Crippen LogP contribution in [-0.4, -0.2) is 32.4 Å². The highest BCUT2D eigenvalue weighted by atomic mass is 32.1. The van der Waals surface area contributed by atoms with Gasteiger partial charge in [0.25, 0.3) is 5.91 Å². The van der Waals surface area contributed by atoms with E-state index >= 15 is 0 Å². The molecule has 0 spiro atoms. The Bertz CT molecular complexity index is 1330. The van der Waals surface area contributed by atoms with Gasteiger partial charge in [0.15, 0.2) is 5.76 Å². The summed E-state index contributed by atoms with van der Waals surface area (Å²) >= 11 is 0. The second kappa shape index (κ2) is 8.52. The number of amides is 1. The fraction of sp³-hybridized carbons (Fsp3) is 0.182. The van der Waals surface area contributed by atoms with Gasteiger partial charge < -0.3 is 15.2 Å². The highest BCUT2D eigenvalue weighted by Crippen LogP contribution is 2.35. The van der Waals surface area contributed by atoms with E-state index in [1.807, 2.05) is 6.92 Å². The van der Waals surface area contributed by atoms with Crippen LogP contribution in [0.3, 0.4) is 0 Å². The van der Waals surface area contributed by atoms with Crippen molar-refractivity contribution in [3.63, 3.8) is 0 Å². The third kappa shape index (κ3) is 4.00. The molecule has 176 valence electrons. The number of alkyl halides is 3. The van der Waals surface area contributed by atoms with Crippen LogP contribution in [0.25, 0.3) is 22.6 Å². The first-order chi connectivity index (χ1) is 15.7. The highest BCUT2D eigenvalue weighted by Gasteiger charge is 2.35. The van der Waals surface area contributed by atoms with Crippen LogP contribution in [0, 0.1) is 0 Å². The van der Waals surface area contributed by atoms with Gasteiger partial charge in [-0.3, -0.25) is 9.48 Å². The largest absolute Gasteiger partial charge is 0.416 e. The second-order valence-corrected chi connectivity index (χ2v) is 7.71. The number of pyridine rings is 1. The van der Waals surface area contributed by atoms with Gasteiger partial charge in [0.05, 0.1) is 23.4 Å². The number of nitrogens with two attached hydrogens (primary N) is 1. The average Bonchev–Trinajstić information content (AvgIpc) is 3.44. The molecule has 0 radical (unpaired) electrons. The molecule has 4 aromatic rings. The number of hydrogen-bond donors (Lipinski definition) is 1. The molecular formula is C22H19F3N6O2S. The average molecular weight is 488 g/mol. The SMILES string of the molecule is C[C@H]1CN(c2ccc(C(F)(F)F)cc2)C(=O)c2c(-c3cc(-c4ccc(N)nc4)on3)cnn21.S. The summed E-state index contributed by atoms with van der Waals surface area (Å²) in [5.41, 5.74) is 7.01. The molecule has 2 N–H and O–H groups in total. The van der Waals surface area contributed by atoms with Crippen molar-refractivity contribution in [3.8, 4) is 22.6 Å². The zero-order chi connectivity index (χ0) is 23.3. The number of nitrogen functional groups attached to an aromatic ring is 1. The third-order valence-corrected chi connectivity index (χ3v) is 5.47. The summed E-state index contributed by atoms with van der Waals surface area (Å²) in [6.45, 7) is 2.14. The molecule has 0 aliphatic carbocycles. The fourth-order valence-electron chi connectivity index (χ4n) is 3.79. The standard InChI is InChI=1S/C22H17F3N6O2.H2S/c1-12-11-30(15-5-3-14(4-6-15)22(23,24)25)21(32)20-16(10-28-31(12)20)17-8-18(33-29-17)13-2-7-19(26)27-9-13;/h2-10,12H,11H2,1H3,(H2,26,27);1H2/t12-;/m0./s1. The number of aromatic nitrogens is 4. The van der Waals surface area contributed by atoms with Gasteiger partial charge in [-0.05, 0) is 43.3 Å². The van der Waals surface area contributed by atoms with E-state index < -0.39 is 11.7 Å². The van der Waals surface area contributed by atoms with Crippen LogP contribution in [0.15, 0.2) is 59.4 Å². The van der Waals surface area contributed by atoms with Crippen molar-refractivity contribution in [2.45, 2.75) is 19.1 Å². The first kappa shape index (κ1) is 23.4. The van der Waals surface area contributed by atoms with E-state index in [9.17, 15) is 18.0 Å². The molecule has 3 aromatic heterocycles. The number of anilines is 2. The number of nitrogens with zero attached hydrogens (tertiary/aromatic N) is 5. The summed E-state index contributed by atoms with van der Waals surface area (Å²) in [5, 5.41) is 8.42. The molecule has 1 atom stereocenters. The second-order valence-electron chi connectivity index (χ2n) is 7.71. The molecule has 1 aliphatic heterocycles. The zero-order valence-corrected chi connectivity index (χ0v) is 18.7. The van der Waals surface area contributed by atoms with Gasteiger partial charge in [-0.15, -0.1) is 0 Å². The summed E-state index contributed by atoms with van der Waals surface area (Å²) in [7, 11) is 0. The molecule has 0 unspecified atom stereocenters. The predicted octanol–water partition coefficient (Wildman–Crippen LogP) is 4.54. The zero-order valence-electron chi connectivity index (χ0n) is 17.7. The number of rotatable bonds is 3. The van der Waals surface area contributed by atoms with Gasteiger partial charge in [-0.1, -0.05) is 5.16 Å². The molecule has 0 fully saturated rings. The smallest absolute Gasteiger partial charge is 0.384 e. The molecule has 4 heterocycles. The maximum Gasteiger partial charge on any atom is 0.416 e. The van der Waals surface area contributed by atoms with E-state index in [2.05, 4.69) is 15.2 Å². The van der Waals surface area contributed by atoms with Gasteiger partial charge >= 0.3 is 6.18 Å². The van der Waals surface area contributed by atoms with Crippen LogP contribution in [0.2, 0.25) is 0 Å². The van der Waals surface area contributed by atoms with Crippen molar-refractivity contribution < 1.29 is 22.5 Å². The molecule has 34 heavy (non-hydrogen) atoms. The topological polar surface area (TPSA) is 103 Å². The van der Waals surface area contributed by atoms with E-state index in [1.165, 1.54) is 23.2 Å². The van der Waals surface area contributed by atoms with Crippen molar-refractivity contribution in [3.05, 3.63) is 66.1 Å². The van der Waals surface area contributed by atoms with Crippen LogP contribution >= 0.6 is 13.5 Å². The third-order valence-electron chi connectivity index (χ3n) is 5.47. The quantitative estimate of drug-likeness (QED) is 0.454. The Morgan fingerprint density at radius 1 is 1.12 bits per heavy atom. The van der Waals surface area contributed by atoms with Gasteiger partial charge in [-0.25, -0.2) is 4.98 Å². The van der Waals surface area contributed by atoms with E-state index in [1.54, 1.807) is 29.1 Å². The Kier molecular flexibility index (Phi) is 5.86. The van der Waals surface area contributed by atoms with Crippen LogP contribution in [0.1, 0.15) is 29.0 Å². The predicted molar refractivity (Wildman–Crippen MR) is 124 cm³/mol. The Morgan fingerprint density at radius 3 is 2.50 bits per heavy atom. The van der Waals surface area contributed by atoms with Crippen LogP contribution in [0.5, 0.6) is 0 Å². The van der Waals surface area contributed by atoms with Crippen molar-refractivity contribution in [2.24, 2.45) is 0 Å². The molecular weight excluding hydrogens is 469 g/mol. The summed E-state index contributed by atoms with van der Waals surface area (Å²) < 4.78 is 45.8. The summed E-state index contributed by atoms with van der Waals surface area (Å²) in [6, 6.07) is 9.34. The molecule has 0 bridgehead atoms. The Labute approximate surface area is 198 Å². The van der Waals surface area contributed by atoms with Crippen molar-refractivity contribution in [1.82, 2.24) is 19.9 Å². The first-order valence-electron chi connectivity index (χ1n) is 9.98. The molecule has 1 aromatic carbocycles. The summed E-state index contributed by atoms with van der Waals surface area (Å²) in [4.78, 5) is 18.8. The molecule has 5 rings (SSSR count). The lowest BCUT2D eigenvalue weighted by atomic mass is 10.1. The maximum absolute atomic E-state index is 13.4. The van der Waals surface area contributed by atoms with Crippen molar-refractivity contribution >= 4 is 30.9 Å². The van der Waals surface area contributed by atoms with Crippen molar-refractivity contribution in [1.29, 1.82) is 0 Å². The first-order valence-corrected chi connectivity index (χ1v) is 9.98. The van der Waals surface area contributed by atoms with Crippen molar-refractivity contribution in [2.75, 3.05) is 17.2 Å². The van der Waals surface area contributed by atoms with Crippen LogP contribution in [-0.2, 0) is 6.18 Å². The number of fused-ring (bicyclic) bond motifs is 1. The van der Waals surface area contributed by atoms with E-state index in [-0.39, 0.29) is 37.7 Å².